The highest BCUT2D eigenvalue weighted by Crippen LogP contribution is 2.25. The maximum atomic E-state index is 5.77. The molecule has 0 aromatic heterocycles. The first-order valence-corrected chi connectivity index (χ1v) is 6.96. The van der Waals surface area contributed by atoms with Crippen LogP contribution in [0.25, 0.3) is 0 Å². The van der Waals surface area contributed by atoms with Gasteiger partial charge in [-0.05, 0) is 53.3 Å². The zero-order valence-electron chi connectivity index (χ0n) is 10.7. The van der Waals surface area contributed by atoms with Gasteiger partial charge in [-0.15, -0.1) is 0 Å². The molecule has 2 N–H and O–H groups in total. The highest BCUT2D eigenvalue weighted by Gasteiger charge is 2.06. The maximum absolute atomic E-state index is 5.77. The van der Waals surface area contributed by atoms with Crippen molar-refractivity contribution in [3.05, 3.63) is 57.2 Å². The number of halogens is 1. The predicted molar refractivity (Wildman–Crippen MR) is 86.9 cm³/mol. The van der Waals surface area contributed by atoms with Crippen LogP contribution in [0.3, 0.4) is 0 Å². The molecule has 0 amide bonds. The summed E-state index contributed by atoms with van der Waals surface area (Å²) in [5.41, 5.74) is 10.4. The van der Waals surface area contributed by atoms with Gasteiger partial charge in [0.2, 0.25) is 0 Å². The molecular formula is C15H17IN2. The largest absolute Gasteiger partial charge is 0.399 e. The van der Waals surface area contributed by atoms with Gasteiger partial charge in [0.15, 0.2) is 0 Å². The zero-order chi connectivity index (χ0) is 13.1. The second-order valence-electron chi connectivity index (χ2n) is 4.55. The molecule has 0 atom stereocenters. The molecule has 2 aromatic rings. The Morgan fingerprint density at radius 1 is 1.11 bits per heavy atom. The van der Waals surface area contributed by atoms with E-state index in [9.17, 15) is 0 Å². The third-order valence-corrected chi connectivity index (χ3v) is 3.79. The molecule has 0 spiro atoms. The summed E-state index contributed by atoms with van der Waals surface area (Å²) in [6, 6.07) is 14.7. The van der Waals surface area contributed by atoms with Gasteiger partial charge in [-0.25, -0.2) is 0 Å². The van der Waals surface area contributed by atoms with Crippen LogP contribution in [-0.4, -0.2) is 7.05 Å². The van der Waals surface area contributed by atoms with Gasteiger partial charge in [0.25, 0.3) is 0 Å². The molecule has 0 unspecified atom stereocenters. The summed E-state index contributed by atoms with van der Waals surface area (Å²) in [5, 5.41) is 0. The van der Waals surface area contributed by atoms with Crippen molar-refractivity contribution in [3.8, 4) is 0 Å². The average Bonchev–Trinajstić information content (AvgIpc) is 2.32. The number of aryl methyl sites for hydroxylation is 1. The number of hydrogen-bond donors (Lipinski definition) is 1. The number of nitrogens with zero attached hydrogens (tertiary/aromatic N) is 1. The Balaban J connectivity index is 2.16. The third-order valence-electron chi connectivity index (χ3n) is 2.92. The van der Waals surface area contributed by atoms with E-state index in [1.54, 1.807) is 0 Å². The lowest BCUT2D eigenvalue weighted by atomic mass is 10.1. The lowest BCUT2D eigenvalue weighted by Crippen LogP contribution is -2.17. The molecule has 2 nitrogen and oxygen atoms in total. The van der Waals surface area contributed by atoms with Crippen LogP contribution in [0.1, 0.15) is 11.1 Å². The van der Waals surface area contributed by atoms with E-state index in [1.165, 1.54) is 20.4 Å². The molecule has 2 aromatic carbocycles. The Labute approximate surface area is 122 Å². The minimum absolute atomic E-state index is 0.812. The summed E-state index contributed by atoms with van der Waals surface area (Å²) in [6.45, 7) is 3.01. The van der Waals surface area contributed by atoms with Gasteiger partial charge in [0.05, 0.1) is 5.69 Å². The van der Waals surface area contributed by atoms with E-state index in [0.717, 1.165) is 12.2 Å². The lowest BCUT2D eigenvalue weighted by Gasteiger charge is -2.21. The quantitative estimate of drug-likeness (QED) is 0.672. The van der Waals surface area contributed by atoms with Crippen LogP contribution >= 0.6 is 22.6 Å². The number of benzene rings is 2. The van der Waals surface area contributed by atoms with Gasteiger partial charge in [-0.2, -0.15) is 0 Å². The Hall–Kier alpha value is -1.23. The molecule has 0 aliphatic rings. The molecule has 2 rings (SSSR count). The van der Waals surface area contributed by atoms with E-state index in [2.05, 4.69) is 71.8 Å². The Bertz CT molecular complexity index is 535. The van der Waals surface area contributed by atoms with Crippen LogP contribution in [-0.2, 0) is 6.54 Å². The molecule has 3 heteroatoms. The van der Waals surface area contributed by atoms with E-state index in [4.69, 9.17) is 5.73 Å². The van der Waals surface area contributed by atoms with Gasteiger partial charge >= 0.3 is 0 Å². The van der Waals surface area contributed by atoms with Crippen LogP contribution < -0.4 is 10.6 Å². The lowest BCUT2D eigenvalue weighted by molar-refractivity contribution is 0.919. The Morgan fingerprint density at radius 2 is 1.78 bits per heavy atom. The highest BCUT2D eigenvalue weighted by molar-refractivity contribution is 14.1. The van der Waals surface area contributed by atoms with Crippen LogP contribution in [0.5, 0.6) is 0 Å². The molecule has 0 radical (unpaired) electrons. The van der Waals surface area contributed by atoms with Crippen molar-refractivity contribution in [2.75, 3.05) is 17.7 Å². The van der Waals surface area contributed by atoms with Crippen molar-refractivity contribution >= 4 is 34.0 Å². The Morgan fingerprint density at radius 3 is 2.39 bits per heavy atom. The van der Waals surface area contributed by atoms with Crippen LogP contribution in [0, 0.1) is 10.5 Å². The first-order valence-electron chi connectivity index (χ1n) is 5.88. The summed E-state index contributed by atoms with van der Waals surface area (Å²) in [4.78, 5) is 2.24. The predicted octanol–water partition coefficient (Wildman–Crippen LogP) is 3.82. The van der Waals surface area contributed by atoms with E-state index < -0.39 is 0 Å². The van der Waals surface area contributed by atoms with Crippen molar-refractivity contribution in [3.63, 3.8) is 0 Å². The van der Waals surface area contributed by atoms with Crippen LogP contribution in [0.2, 0.25) is 0 Å². The average molecular weight is 352 g/mol. The fourth-order valence-electron chi connectivity index (χ4n) is 1.89. The van der Waals surface area contributed by atoms with Crippen molar-refractivity contribution in [2.24, 2.45) is 0 Å². The van der Waals surface area contributed by atoms with Crippen LogP contribution in [0.15, 0.2) is 42.5 Å². The normalized spacial score (nSPS) is 10.4. The maximum Gasteiger partial charge on any atom is 0.0503 e. The summed E-state index contributed by atoms with van der Waals surface area (Å²) < 4.78 is 1.18. The molecule has 0 heterocycles. The minimum Gasteiger partial charge on any atom is -0.399 e. The molecule has 18 heavy (non-hydrogen) atoms. The Kier molecular flexibility index (Phi) is 4.11. The molecule has 0 saturated heterocycles. The first-order chi connectivity index (χ1) is 8.56. The van der Waals surface area contributed by atoms with Gasteiger partial charge in [0.1, 0.15) is 0 Å². The third kappa shape index (κ3) is 3.16. The zero-order valence-corrected chi connectivity index (χ0v) is 12.8. The van der Waals surface area contributed by atoms with Gasteiger partial charge in [0, 0.05) is 22.8 Å². The van der Waals surface area contributed by atoms with E-state index in [0.29, 0.717) is 0 Å². The summed E-state index contributed by atoms with van der Waals surface area (Å²) >= 11 is 2.33. The topological polar surface area (TPSA) is 29.3 Å². The number of anilines is 2. The van der Waals surface area contributed by atoms with E-state index in [-0.39, 0.29) is 0 Å². The van der Waals surface area contributed by atoms with E-state index in [1.807, 2.05) is 12.1 Å². The van der Waals surface area contributed by atoms with Crippen LogP contribution in [0.4, 0.5) is 11.4 Å². The number of nitrogen functional groups attached to an aromatic ring is 1. The number of hydrogen-bond acceptors (Lipinski definition) is 2. The number of nitrogens with two attached hydrogens (primary N) is 1. The fraction of sp³-hybridized carbons (Fsp3) is 0.200. The van der Waals surface area contributed by atoms with Crippen molar-refractivity contribution in [1.29, 1.82) is 0 Å². The first kappa shape index (κ1) is 13.2. The van der Waals surface area contributed by atoms with Gasteiger partial charge in [-0.3, -0.25) is 0 Å². The highest BCUT2D eigenvalue weighted by atomic mass is 127. The van der Waals surface area contributed by atoms with Crippen molar-refractivity contribution in [2.45, 2.75) is 13.5 Å². The molecule has 94 valence electrons. The van der Waals surface area contributed by atoms with Gasteiger partial charge in [-0.1, -0.05) is 29.8 Å². The molecule has 0 aliphatic carbocycles. The standard InChI is InChI=1S/C15H17IN2/c1-11-3-5-12(6-4-11)10-18(2)15-8-7-13(17)9-14(15)16/h3-9H,10,17H2,1-2H3. The molecule has 0 aliphatic heterocycles. The molecule has 0 bridgehead atoms. The molecular weight excluding hydrogens is 335 g/mol. The van der Waals surface area contributed by atoms with Crippen molar-refractivity contribution < 1.29 is 0 Å². The van der Waals surface area contributed by atoms with Crippen molar-refractivity contribution in [1.82, 2.24) is 0 Å². The van der Waals surface area contributed by atoms with E-state index >= 15 is 0 Å². The molecule has 0 fully saturated rings. The number of rotatable bonds is 3. The monoisotopic (exact) mass is 352 g/mol. The smallest absolute Gasteiger partial charge is 0.0503 e. The second kappa shape index (κ2) is 5.61. The SMILES string of the molecule is Cc1ccc(CN(C)c2ccc(N)cc2I)cc1. The molecule has 0 saturated carbocycles. The summed E-state index contributed by atoms with van der Waals surface area (Å²) in [6.07, 6.45) is 0. The summed E-state index contributed by atoms with van der Waals surface area (Å²) in [7, 11) is 2.10. The fourth-order valence-corrected chi connectivity index (χ4v) is 2.84. The summed E-state index contributed by atoms with van der Waals surface area (Å²) in [5.74, 6) is 0. The van der Waals surface area contributed by atoms with Gasteiger partial charge < -0.3 is 10.6 Å². The minimum atomic E-state index is 0.812. The second-order valence-corrected chi connectivity index (χ2v) is 5.71.